The second-order valence-electron chi connectivity index (χ2n) is 6.73. The number of benzene rings is 2. The molecule has 0 aromatic heterocycles. The molecule has 29 heavy (non-hydrogen) atoms. The van der Waals surface area contributed by atoms with Gasteiger partial charge >= 0.3 is 5.97 Å². The van der Waals surface area contributed by atoms with Crippen LogP contribution >= 0.6 is 0 Å². The molecule has 0 saturated heterocycles. The zero-order valence-corrected chi connectivity index (χ0v) is 16.6. The van der Waals surface area contributed by atoms with Gasteiger partial charge in [-0.05, 0) is 60.9 Å². The maximum Gasteiger partial charge on any atom is 0.317 e. The van der Waals surface area contributed by atoms with Crippen molar-refractivity contribution in [1.29, 1.82) is 0 Å². The maximum absolute atomic E-state index is 13.3. The summed E-state index contributed by atoms with van der Waals surface area (Å²) in [6, 6.07) is 11.2. The highest BCUT2D eigenvalue weighted by molar-refractivity contribution is 6.10. The van der Waals surface area contributed by atoms with Crippen molar-refractivity contribution in [3.8, 4) is 11.5 Å². The third-order valence-corrected chi connectivity index (χ3v) is 5.06. The van der Waals surface area contributed by atoms with Gasteiger partial charge in [0.05, 0.1) is 20.8 Å². The van der Waals surface area contributed by atoms with Gasteiger partial charge < -0.3 is 14.2 Å². The normalized spacial score (nSPS) is 18.8. The first-order chi connectivity index (χ1) is 14.0. The summed E-state index contributed by atoms with van der Waals surface area (Å²) in [6.07, 6.45) is 1.85. The predicted octanol–water partition coefficient (Wildman–Crippen LogP) is 4.16. The van der Waals surface area contributed by atoms with Crippen molar-refractivity contribution in [2.24, 2.45) is 5.92 Å². The average Bonchev–Trinajstić information content (AvgIpc) is 2.73. The first-order valence-corrected chi connectivity index (χ1v) is 9.37. The Kier molecular flexibility index (Phi) is 6.32. The molecule has 6 heteroatoms. The average molecular weight is 398 g/mol. The molecule has 152 valence electrons. The number of allylic oxidation sites excluding steroid dienone is 2. The summed E-state index contributed by atoms with van der Waals surface area (Å²) in [6.45, 7) is 1.88. The van der Waals surface area contributed by atoms with Crippen molar-refractivity contribution in [1.82, 2.24) is 0 Å². The molecule has 0 N–H and O–H groups in total. The molecule has 5 nitrogen and oxygen atoms in total. The molecule has 0 amide bonds. The highest BCUT2D eigenvalue weighted by Gasteiger charge is 2.41. The SMILES string of the molecule is CCOC(=O)[C@H]1C(=O)C=C(c2ccc(F)cc2)C[C@@H]1c1cc(OC)ccc1OC. The number of hydrogen-bond acceptors (Lipinski definition) is 5. The molecule has 0 fully saturated rings. The van der Waals surface area contributed by atoms with Crippen LogP contribution in [0.4, 0.5) is 4.39 Å². The molecule has 2 aromatic rings. The van der Waals surface area contributed by atoms with Gasteiger partial charge in [0.1, 0.15) is 23.2 Å². The van der Waals surface area contributed by atoms with E-state index in [4.69, 9.17) is 14.2 Å². The lowest BCUT2D eigenvalue weighted by Gasteiger charge is -2.30. The molecule has 0 radical (unpaired) electrons. The van der Waals surface area contributed by atoms with Crippen molar-refractivity contribution in [3.63, 3.8) is 0 Å². The number of ketones is 1. The number of rotatable bonds is 6. The number of esters is 1. The van der Waals surface area contributed by atoms with Crippen LogP contribution < -0.4 is 9.47 Å². The van der Waals surface area contributed by atoms with Gasteiger partial charge in [-0.2, -0.15) is 0 Å². The predicted molar refractivity (Wildman–Crippen MR) is 106 cm³/mol. The molecule has 2 atom stereocenters. The summed E-state index contributed by atoms with van der Waals surface area (Å²) < 4.78 is 29.3. The van der Waals surface area contributed by atoms with E-state index in [1.54, 1.807) is 44.4 Å². The van der Waals surface area contributed by atoms with E-state index in [0.717, 1.165) is 11.1 Å². The number of carbonyl (C=O) groups is 2. The first-order valence-electron chi connectivity index (χ1n) is 9.37. The van der Waals surface area contributed by atoms with Crippen molar-refractivity contribution in [2.75, 3.05) is 20.8 Å². The number of ether oxygens (including phenoxy) is 3. The standard InChI is InChI=1S/C23H23FO5/c1-4-29-23(26)22-19(18-13-17(27-2)9-10-21(18)28-3)11-15(12-20(22)25)14-5-7-16(24)8-6-14/h5-10,12-13,19,22H,4,11H2,1-3H3/t19-,22-/m1/s1. The van der Waals surface area contributed by atoms with E-state index in [1.807, 2.05) is 0 Å². The molecular weight excluding hydrogens is 375 g/mol. The van der Waals surface area contributed by atoms with Gasteiger partial charge in [0.15, 0.2) is 5.78 Å². The molecule has 0 heterocycles. The first kappa shape index (κ1) is 20.6. The molecule has 0 spiro atoms. The van der Waals surface area contributed by atoms with Crippen molar-refractivity contribution in [3.05, 3.63) is 65.5 Å². The van der Waals surface area contributed by atoms with Crippen molar-refractivity contribution in [2.45, 2.75) is 19.3 Å². The third-order valence-electron chi connectivity index (χ3n) is 5.06. The van der Waals surface area contributed by atoms with E-state index in [0.29, 0.717) is 23.5 Å². The summed E-state index contributed by atoms with van der Waals surface area (Å²) in [4.78, 5) is 25.6. The fourth-order valence-electron chi connectivity index (χ4n) is 3.67. The number of halogens is 1. The Morgan fingerprint density at radius 2 is 1.83 bits per heavy atom. The minimum atomic E-state index is -0.986. The molecule has 1 aliphatic carbocycles. The Hall–Kier alpha value is -3.15. The quantitative estimate of drug-likeness (QED) is 0.540. The Morgan fingerprint density at radius 3 is 2.45 bits per heavy atom. The van der Waals surface area contributed by atoms with Crippen LogP contribution in [-0.2, 0) is 14.3 Å². The molecule has 1 aliphatic rings. The van der Waals surface area contributed by atoms with E-state index < -0.39 is 17.8 Å². The van der Waals surface area contributed by atoms with Crippen LogP contribution in [0.2, 0.25) is 0 Å². The fraction of sp³-hybridized carbons (Fsp3) is 0.304. The maximum atomic E-state index is 13.3. The van der Waals surface area contributed by atoms with E-state index >= 15 is 0 Å². The Balaban J connectivity index is 2.10. The summed E-state index contributed by atoms with van der Waals surface area (Å²) >= 11 is 0. The van der Waals surface area contributed by atoms with Crippen molar-refractivity contribution < 1.29 is 28.2 Å². The Labute approximate surface area is 169 Å². The number of methoxy groups -OCH3 is 2. The fourth-order valence-corrected chi connectivity index (χ4v) is 3.67. The third kappa shape index (κ3) is 4.31. The molecule has 2 aromatic carbocycles. The Bertz CT molecular complexity index is 933. The smallest absolute Gasteiger partial charge is 0.317 e. The van der Waals surface area contributed by atoms with Gasteiger partial charge in [-0.25, -0.2) is 4.39 Å². The van der Waals surface area contributed by atoms with Crippen LogP contribution in [0.3, 0.4) is 0 Å². The van der Waals surface area contributed by atoms with Crippen molar-refractivity contribution >= 4 is 17.3 Å². The summed E-state index contributed by atoms with van der Waals surface area (Å²) in [5.41, 5.74) is 2.14. The van der Waals surface area contributed by atoms with Gasteiger partial charge in [-0.3, -0.25) is 9.59 Å². The molecule has 0 bridgehead atoms. The Morgan fingerprint density at radius 1 is 1.10 bits per heavy atom. The molecule has 3 rings (SSSR count). The molecular formula is C23H23FO5. The van der Waals surface area contributed by atoms with Gasteiger partial charge in [-0.1, -0.05) is 12.1 Å². The van der Waals surface area contributed by atoms with Gasteiger partial charge in [-0.15, -0.1) is 0 Å². The number of hydrogen-bond donors (Lipinski definition) is 0. The summed E-state index contributed by atoms with van der Waals surface area (Å²) in [5, 5.41) is 0. The van der Waals surface area contributed by atoms with Crippen LogP contribution in [0.1, 0.15) is 30.4 Å². The highest BCUT2D eigenvalue weighted by atomic mass is 19.1. The van der Waals surface area contributed by atoms with E-state index in [-0.39, 0.29) is 18.2 Å². The van der Waals surface area contributed by atoms with Crippen LogP contribution in [0.15, 0.2) is 48.5 Å². The largest absolute Gasteiger partial charge is 0.497 e. The second kappa shape index (κ2) is 8.90. The minimum absolute atomic E-state index is 0.180. The second-order valence-corrected chi connectivity index (χ2v) is 6.73. The van der Waals surface area contributed by atoms with Crippen LogP contribution in [0, 0.1) is 11.7 Å². The lowest BCUT2D eigenvalue weighted by atomic mass is 9.73. The van der Waals surface area contributed by atoms with Gasteiger partial charge in [0, 0.05) is 11.5 Å². The van der Waals surface area contributed by atoms with Crippen LogP contribution in [0.25, 0.3) is 5.57 Å². The molecule has 0 unspecified atom stereocenters. The van der Waals surface area contributed by atoms with E-state index in [2.05, 4.69) is 0 Å². The lowest BCUT2D eigenvalue weighted by Crippen LogP contribution is -2.34. The van der Waals surface area contributed by atoms with E-state index in [9.17, 15) is 14.0 Å². The highest BCUT2D eigenvalue weighted by Crippen LogP contribution is 2.44. The topological polar surface area (TPSA) is 61.8 Å². The summed E-state index contributed by atoms with van der Waals surface area (Å²) in [5.74, 6) is -1.61. The number of carbonyl (C=O) groups excluding carboxylic acids is 2. The van der Waals surface area contributed by atoms with Crippen LogP contribution in [-0.4, -0.2) is 32.6 Å². The van der Waals surface area contributed by atoms with Crippen LogP contribution in [0.5, 0.6) is 11.5 Å². The zero-order valence-electron chi connectivity index (χ0n) is 16.6. The van der Waals surface area contributed by atoms with Gasteiger partial charge in [0.2, 0.25) is 0 Å². The summed E-state index contributed by atoms with van der Waals surface area (Å²) in [7, 11) is 3.08. The van der Waals surface area contributed by atoms with E-state index in [1.165, 1.54) is 25.3 Å². The monoisotopic (exact) mass is 398 g/mol. The lowest BCUT2D eigenvalue weighted by molar-refractivity contribution is -0.151. The molecule has 0 aliphatic heterocycles. The molecule has 0 saturated carbocycles. The zero-order chi connectivity index (χ0) is 21.0. The van der Waals surface area contributed by atoms with Gasteiger partial charge in [0.25, 0.3) is 0 Å². The minimum Gasteiger partial charge on any atom is -0.497 e.